The van der Waals surface area contributed by atoms with Crippen molar-refractivity contribution < 1.29 is 0 Å². The van der Waals surface area contributed by atoms with E-state index in [-0.39, 0.29) is 6.04 Å². The zero-order valence-corrected chi connectivity index (χ0v) is 13.0. The normalized spacial score (nSPS) is 18.6. The molecule has 2 heteroatoms. The number of allylic oxidation sites excluding steroid dienone is 1. The molecule has 2 nitrogen and oxygen atoms in total. The van der Waals surface area contributed by atoms with E-state index in [9.17, 15) is 0 Å². The molecule has 110 valence electrons. The summed E-state index contributed by atoms with van der Waals surface area (Å²) >= 11 is 0. The molecule has 1 aliphatic heterocycles. The second kappa shape index (κ2) is 6.07. The summed E-state index contributed by atoms with van der Waals surface area (Å²) < 4.78 is 0. The minimum atomic E-state index is 0.257. The third-order valence-corrected chi connectivity index (χ3v) is 3.98. The molecule has 1 N–H and O–H groups in total. The van der Waals surface area contributed by atoms with E-state index in [4.69, 9.17) is 5.26 Å². The smallest absolute Gasteiger partial charge is 0.0992 e. The highest BCUT2D eigenvalue weighted by Crippen LogP contribution is 2.40. The predicted molar refractivity (Wildman–Crippen MR) is 91.4 cm³/mol. The van der Waals surface area contributed by atoms with Crippen LogP contribution >= 0.6 is 0 Å². The molecule has 0 aliphatic carbocycles. The highest BCUT2D eigenvalue weighted by molar-refractivity contribution is 5.81. The molecule has 3 rings (SSSR count). The van der Waals surface area contributed by atoms with Gasteiger partial charge in [0, 0.05) is 11.3 Å². The molecule has 0 fully saturated rings. The molecular formula is C20H20N2. The summed E-state index contributed by atoms with van der Waals surface area (Å²) in [5.41, 5.74) is 5.63. The molecule has 2 aromatic carbocycles. The lowest BCUT2D eigenvalue weighted by Gasteiger charge is -2.30. The van der Waals surface area contributed by atoms with E-state index in [1.807, 2.05) is 18.2 Å². The maximum Gasteiger partial charge on any atom is 0.0992 e. The lowest BCUT2D eigenvalue weighted by atomic mass is 9.87. The number of anilines is 1. The summed E-state index contributed by atoms with van der Waals surface area (Å²) in [6, 6.07) is 18.9. The summed E-state index contributed by atoms with van der Waals surface area (Å²) in [5.74, 6) is 0.507. The lowest BCUT2D eigenvalue weighted by Crippen LogP contribution is -2.18. The minimum absolute atomic E-state index is 0.257. The maximum atomic E-state index is 9.14. The SMILES string of the molecule is CC(C)/C=C1/CC(c2ccccc2)Nc2cc(C#N)ccc21. The van der Waals surface area contributed by atoms with Crippen molar-refractivity contribution in [2.24, 2.45) is 5.92 Å². The van der Waals surface area contributed by atoms with E-state index in [2.05, 4.69) is 61.6 Å². The fraction of sp³-hybridized carbons (Fsp3) is 0.250. The third-order valence-electron chi connectivity index (χ3n) is 3.98. The van der Waals surface area contributed by atoms with E-state index in [0.717, 1.165) is 12.1 Å². The molecule has 1 atom stereocenters. The van der Waals surface area contributed by atoms with Gasteiger partial charge in [-0.1, -0.05) is 56.3 Å². The van der Waals surface area contributed by atoms with Gasteiger partial charge in [0.25, 0.3) is 0 Å². The van der Waals surface area contributed by atoms with Crippen molar-refractivity contribution in [2.75, 3.05) is 5.32 Å². The monoisotopic (exact) mass is 288 g/mol. The third kappa shape index (κ3) is 2.89. The van der Waals surface area contributed by atoms with Crippen LogP contribution in [0.4, 0.5) is 5.69 Å². The van der Waals surface area contributed by atoms with Crippen LogP contribution in [-0.4, -0.2) is 0 Å². The van der Waals surface area contributed by atoms with Crippen molar-refractivity contribution in [1.29, 1.82) is 5.26 Å². The largest absolute Gasteiger partial charge is 0.377 e. The average Bonchev–Trinajstić information content (AvgIpc) is 2.54. The molecule has 0 amide bonds. The standard InChI is InChI=1S/C20H20N2/c1-14(2)10-17-12-19(16-6-4-3-5-7-16)22-20-11-15(13-21)8-9-18(17)20/h3-11,14,19,22H,12H2,1-2H3/b17-10-. The van der Waals surface area contributed by atoms with Crippen LogP contribution < -0.4 is 5.32 Å². The van der Waals surface area contributed by atoms with Gasteiger partial charge in [-0.2, -0.15) is 5.26 Å². The van der Waals surface area contributed by atoms with Crippen molar-refractivity contribution in [3.8, 4) is 6.07 Å². The Morgan fingerprint density at radius 2 is 1.95 bits per heavy atom. The van der Waals surface area contributed by atoms with Crippen LogP contribution in [-0.2, 0) is 0 Å². The lowest BCUT2D eigenvalue weighted by molar-refractivity contribution is 0.774. The number of rotatable bonds is 2. The molecule has 1 aliphatic rings. The van der Waals surface area contributed by atoms with Gasteiger partial charge in [0.05, 0.1) is 17.7 Å². The highest BCUT2D eigenvalue weighted by atomic mass is 14.9. The molecule has 1 unspecified atom stereocenters. The molecule has 0 saturated heterocycles. The van der Waals surface area contributed by atoms with Crippen LogP contribution in [0.25, 0.3) is 5.57 Å². The number of fused-ring (bicyclic) bond motifs is 1. The van der Waals surface area contributed by atoms with E-state index in [1.165, 1.54) is 16.7 Å². The van der Waals surface area contributed by atoms with Gasteiger partial charge in [-0.25, -0.2) is 0 Å². The maximum absolute atomic E-state index is 9.14. The number of benzene rings is 2. The second-order valence-electron chi connectivity index (χ2n) is 6.12. The highest BCUT2D eigenvalue weighted by Gasteiger charge is 2.23. The van der Waals surface area contributed by atoms with E-state index < -0.39 is 0 Å². The molecule has 1 heterocycles. The van der Waals surface area contributed by atoms with Crippen molar-refractivity contribution in [3.05, 3.63) is 71.3 Å². The Morgan fingerprint density at radius 3 is 2.64 bits per heavy atom. The molecule has 0 radical (unpaired) electrons. The summed E-state index contributed by atoms with van der Waals surface area (Å²) in [7, 11) is 0. The quantitative estimate of drug-likeness (QED) is 0.829. The second-order valence-corrected chi connectivity index (χ2v) is 6.12. The van der Waals surface area contributed by atoms with Crippen LogP contribution in [0.5, 0.6) is 0 Å². The van der Waals surface area contributed by atoms with Gasteiger partial charge >= 0.3 is 0 Å². The Kier molecular flexibility index (Phi) is 3.98. The van der Waals surface area contributed by atoms with Gasteiger partial charge in [0.15, 0.2) is 0 Å². The Bertz CT molecular complexity index is 736. The van der Waals surface area contributed by atoms with Crippen LogP contribution in [0.2, 0.25) is 0 Å². The number of nitriles is 1. The number of nitrogens with zero attached hydrogens (tertiary/aromatic N) is 1. The van der Waals surface area contributed by atoms with Gasteiger partial charge in [-0.15, -0.1) is 0 Å². The zero-order chi connectivity index (χ0) is 15.5. The van der Waals surface area contributed by atoms with Gasteiger partial charge in [0.1, 0.15) is 0 Å². The number of hydrogen-bond donors (Lipinski definition) is 1. The van der Waals surface area contributed by atoms with Crippen LogP contribution in [0.3, 0.4) is 0 Å². The summed E-state index contributed by atoms with van der Waals surface area (Å²) in [5, 5.41) is 12.7. The van der Waals surface area contributed by atoms with Crippen molar-refractivity contribution in [2.45, 2.75) is 26.3 Å². The first kappa shape index (κ1) is 14.4. The Balaban J connectivity index is 2.05. The van der Waals surface area contributed by atoms with E-state index in [0.29, 0.717) is 11.5 Å². The first-order valence-electron chi connectivity index (χ1n) is 7.74. The molecule has 2 aromatic rings. The Morgan fingerprint density at radius 1 is 1.18 bits per heavy atom. The van der Waals surface area contributed by atoms with Gasteiger partial charge in [0.2, 0.25) is 0 Å². The zero-order valence-electron chi connectivity index (χ0n) is 13.0. The number of nitrogens with one attached hydrogen (secondary N) is 1. The van der Waals surface area contributed by atoms with Crippen molar-refractivity contribution >= 4 is 11.3 Å². The summed E-state index contributed by atoms with van der Waals surface area (Å²) in [6.45, 7) is 4.41. The summed E-state index contributed by atoms with van der Waals surface area (Å²) in [6.07, 6.45) is 3.31. The minimum Gasteiger partial charge on any atom is -0.377 e. The van der Waals surface area contributed by atoms with Gasteiger partial charge in [-0.3, -0.25) is 0 Å². The van der Waals surface area contributed by atoms with E-state index >= 15 is 0 Å². The number of hydrogen-bond acceptors (Lipinski definition) is 2. The Labute approximate surface area is 132 Å². The molecule has 22 heavy (non-hydrogen) atoms. The predicted octanol–water partition coefficient (Wildman–Crippen LogP) is 5.15. The molecular weight excluding hydrogens is 268 g/mol. The molecule has 0 bridgehead atoms. The van der Waals surface area contributed by atoms with Crippen molar-refractivity contribution in [3.63, 3.8) is 0 Å². The topological polar surface area (TPSA) is 35.8 Å². The molecule has 0 spiro atoms. The first-order chi connectivity index (χ1) is 10.7. The first-order valence-corrected chi connectivity index (χ1v) is 7.74. The van der Waals surface area contributed by atoms with Crippen LogP contribution in [0, 0.1) is 17.2 Å². The molecule has 0 aromatic heterocycles. The fourth-order valence-electron chi connectivity index (χ4n) is 3.03. The Hall–Kier alpha value is -2.53. The van der Waals surface area contributed by atoms with Crippen LogP contribution in [0.15, 0.2) is 54.6 Å². The van der Waals surface area contributed by atoms with E-state index in [1.54, 1.807) is 0 Å². The van der Waals surface area contributed by atoms with Crippen molar-refractivity contribution in [1.82, 2.24) is 0 Å². The van der Waals surface area contributed by atoms with Crippen LogP contribution in [0.1, 0.15) is 43.0 Å². The van der Waals surface area contributed by atoms with Gasteiger partial charge < -0.3 is 5.32 Å². The molecule has 0 saturated carbocycles. The average molecular weight is 288 g/mol. The fourth-order valence-corrected chi connectivity index (χ4v) is 3.03. The summed E-state index contributed by atoms with van der Waals surface area (Å²) in [4.78, 5) is 0. The van der Waals surface area contributed by atoms with Gasteiger partial charge in [-0.05, 0) is 35.6 Å².